The van der Waals surface area contributed by atoms with Gasteiger partial charge in [0, 0.05) is 11.6 Å². The molecule has 1 aliphatic rings. The van der Waals surface area contributed by atoms with E-state index in [1.165, 1.54) is 13.2 Å². The highest BCUT2D eigenvalue weighted by molar-refractivity contribution is 7.92. The monoisotopic (exact) mass is 393 g/mol. The van der Waals surface area contributed by atoms with Gasteiger partial charge in [0.25, 0.3) is 10.0 Å². The number of rotatable bonds is 3. The number of anilines is 1. The summed E-state index contributed by atoms with van der Waals surface area (Å²) >= 11 is 5.61. The molecule has 0 saturated carbocycles. The van der Waals surface area contributed by atoms with Crippen LogP contribution in [-0.4, -0.2) is 15.5 Å². The highest BCUT2D eigenvalue weighted by Crippen LogP contribution is 2.39. The lowest BCUT2D eigenvalue weighted by atomic mass is 10.2. The molecule has 1 heterocycles. The van der Waals surface area contributed by atoms with Crippen molar-refractivity contribution in [3.05, 3.63) is 52.5 Å². The van der Waals surface area contributed by atoms with Crippen LogP contribution in [0.1, 0.15) is 11.1 Å². The van der Waals surface area contributed by atoms with Crippen LogP contribution in [-0.2, 0) is 27.6 Å². The Morgan fingerprint density at radius 2 is 1.92 bits per heavy atom. The fourth-order valence-electron chi connectivity index (χ4n) is 2.34. The standard InChI is InChI=1S/C15H11ClF3NO4S/c1-23-10-3-2-9-8-24-20(14(9)6-10)25(21,22)11-4-5-12(13(16)7-11)15(17,18)19/h2-7H,8H2,1H3. The molecule has 0 saturated heterocycles. The molecule has 0 radical (unpaired) electrons. The summed E-state index contributed by atoms with van der Waals surface area (Å²) in [6.45, 7) is 0.00687. The maximum Gasteiger partial charge on any atom is 0.417 e. The van der Waals surface area contributed by atoms with E-state index in [9.17, 15) is 21.6 Å². The normalized spacial score (nSPS) is 14.5. The van der Waals surface area contributed by atoms with Crippen molar-refractivity contribution in [2.75, 3.05) is 11.6 Å². The molecular weight excluding hydrogens is 383 g/mol. The van der Waals surface area contributed by atoms with E-state index in [1.54, 1.807) is 12.1 Å². The van der Waals surface area contributed by atoms with Gasteiger partial charge in [0.2, 0.25) is 0 Å². The smallest absolute Gasteiger partial charge is 0.417 e. The number of ether oxygens (including phenoxy) is 1. The minimum atomic E-state index is -4.68. The van der Waals surface area contributed by atoms with Crippen molar-refractivity contribution in [2.24, 2.45) is 0 Å². The summed E-state index contributed by atoms with van der Waals surface area (Å²) in [6.07, 6.45) is -4.68. The molecule has 0 aliphatic carbocycles. The number of sulfonamides is 1. The first kappa shape index (κ1) is 17.8. The second kappa shape index (κ2) is 6.08. The molecule has 3 rings (SSSR count). The van der Waals surface area contributed by atoms with Gasteiger partial charge in [-0.1, -0.05) is 17.7 Å². The predicted molar refractivity (Wildman–Crippen MR) is 83.9 cm³/mol. The van der Waals surface area contributed by atoms with Crippen LogP contribution >= 0.6 is 11.6 Å². The molecule has 5 nitrogen and oxygen atoms in total. The third kappa shape index (κ3) is 3.14. The van der Waals surface area contributed by atoms with Crippen molar-refractivity contribution in [1.29, 1.82) is 0 Å². The van der Waals surface area contributed by atoms with Gasteiger partial charge in [0.05, 0.1) is 28.3 Å². The zero-order chi connectivity index (χ0) is 18.4. The van der Waals surface area contributed by atoms with Gasteiger partial charge in [-0.2, -0.15) is 21.6 Å². The Balaban J connectivity index is 2.04. The summed E-state index contributed by atoms with van der Waals surface area (Å²) < 4.78 is 69.5. The summed E-state index contributed by atoms with van der Waals surface area (Å²) in [7, 11) is -2.84. The maximum absolute atomic E-state index is 12.8. The Labute approximate surface area is 146 Å². The van der Waals surface area contributed by atoms with Crippen molar-refractivity contribution in [3.8, 4) is 5.75 Å². The maximum atomic E-state index is 12.8. The van der Waals surface area contributed by atoms with Crippen LogP contribution in [0.5, 0.6) is 5.75 Å². The first-order valence-electron chi connectivity index (χ1n) is 6.86. The summed E-state index contributed by atoms with van der Waals surface area (Å²) in [6, 6.07) is 6.97. The molecule has 0 N–H and O–H groups in total. The number of halogens is 4. The number of hydrogen-bond donors (Lipinski definition) is 0. The number of fused-ring (bicyclic) bond motifs is 1. The zero-order valence-electron chi connectivity index (χ0n) is 12.7. The van der Waals surface area contributed by atoms with Gasteiger partial charge in [-0.15, -0.1) is 4.47 Å². The zero-order valence-corrected chi connectivity index (χ0v) is 14.2. The fraction of sp³-hybridized carbons (Fsp3) is 0.200. The number of hydrogen-bond acceptors (Lipinski definition) is 4. The Hall–Kier alpha value is -1.97. The molecule has 0 fully saturated rings. The number of nitrogens with zero attached hydrogens (tertiary/aromatic N) is 1. The predicted octanol–water partition coefficient (Wildman–Crippen LogP) is 4.01. The molecule has 0 bridgehead atoms. The third-order valence-electron chi connectivity index (χ3n) is 3.59. The second-order valence-corrected chi connectivity index (χ2v) is 7.30. The van der Waals surface area contributed by atoms with E-state index in [2.05, 4.69) is 0 Å². The molecule has 0 aromatic heterocycles. The number of alkyl halides is 3. The van der Waals surface area contributed by atoms with Gasteiger partial charge in [-0.3, -0.25) is 4.84 Å². The minimum Gasteiger partial charge on any atom is -0.497 e. The number of benzene rings is 2. The number of methoxy groups -OCH3 is 1. The summed E-state index contributed by atoms with van der Waals surface area (Å²) in [4.78, 5) is 4.79. The van der Waals surface area contributed by atoms with E-state index in [1.807, 2.05) is 0 Å². The molecule has 1 aliphatic heterocycles. The lowest BCUT2D eigenvalue weighted by molar-refractivity contribution is -0.137. The highest BCUT2D eigenvalue weighted by Gasteiger charge is 2.36. The molecule has 0 spiro atoms. The van der Waals surface area contributed by atoms with Crippen LogP contribution in [0.25, 0.3) is 0 Å². The second-order valence-electron chi connectivity index (χ2n) is 5.14. The first-order chi connectivity index (χ1) is 11.6. The Morgan fingerprint density at radius 1 is 1.20 bits per heavy atom. The van der Waals surface area contributed by atoms with Crippen molar-refractivity contribution in [3.63, 3.8) is 0 Å². The summed E-state index contributed by atoms with van der Waals surface area (Å²) in [5.74, 6) is 0.412. The van der Waals surface area contributed by atoms with E-state index in [4.69, 9.17) is 21.2 Å². The Kier molecular flexibility index (Phi) is 4.34. The van der Waals surface area contributed by atoms with Gasteiger partial charge in [0.15, 0.2) is 0 Å². The quantitative estimate of drug-likeness (QED) is 0.790. The van der Waals surface area contributed by atoms with E-state index in [-0.39, 0.29) is 12.3 Å². The van der Waals surface area contributed by atoms with Crippen LogP contribution in [0, 0.1) is 0 Å². The van der Waals surface area contributed by atoms with Gasteiger partial charge in [-0.05, 0) is 24.3 Å². The van der Waals surface area contributed by atoms with Crippen molar-refractivity contribution in [2.45, 2.75) is 17.7 Å². The molecule has 134 valence electrons. The van der Waals surface area contributed by atoms with E-state index >= 15 is 0 Å². The molecular formula is C15H11ClF3NO4S. The summed E-state index contributed by atoms with van der Waals surface area (Å²) in [5.41, 5.74) is -0.282. The molecule has 2 aromatic carbocycles. The fourth-order valence-corrected chi connectivity index (χ4v) is 4.01. The molecule has 0 unspecified atom stereocenters. The van der Waals surface area contributed by atoms with E-state index in [0.717, 1.165) is 12.1 Å². The van der Waals surface area contributed by atoms with Crippen LogP contribution in [0.4, 0.5) is 18.9 Å². The largest absolute Gasteiger partial charge is 0.497 e. The first-order valence-corrected chi connectivity index (χ1v) is 8.68. The Morgan fingerprint density at radius 3 is 2.52 bits per heavy atom. The van der Waals surface area contributed by atoms with Gasteiger partial charge >= 0.3 is 6.18 Å². The van der Waals surface area contributed by atoms with Crippen LogP contribution in [0.3, 0.4) is 0 Å². The van der Waals surface area contributed by atoms with Crippen LogP contribution < -0.4 is 9.21 Å². The van der Waals surface area contributed by atoms with Gasteiger partial charge in [0.1, 0.15) is 12.4 Å². The molecule has 25 heavy (non-hydrogen) atoms. The van der Waals surface area contributed by atoms with Crippen molar-refractivity contribution in [1.82, 2.24) is 0 Å². The third-order valence-corrected chi connectivity index (χ3v) is 5.49. The SMILES string of the molecule is COc1ccc2c(c1)N(S(=O)(=O)c1ccc(C(F)(F)F)c(Cl)c1)OC2. The lowest BCUT2D eigenvalue weighted by Crippen LogP contribution is -2.27. The van der Waals surface area contributed by atoms with E-state index < -0.39 is 31.7 Å². The molecule has 0 amide bonds. The topological polar surface area (TPSA) is 55.8 Å². The molecule has 0 atom stereocenters. The van der Waals surface area contributed by atoms with Gasteiger partial charge < -0.3 is 4.74 Å². The summed E-state index contributed by atoms with van der Waals surface area (Å²) in [5, 5.41) is -0.710. The highest BCUT2D eigenvalue weighted by atomic mass is 35.5. The van der Waals surface area contributed by atoms with Gasteiger partial charge in [-0.25, -0.2) is 0 Å². The molecule has 10 heteroatoms. The Bertz CT molecular complexity index is 931. The van der Waals surface area contributed by atoms with Crippen LogP contribution in [0.15, 0.2) is 41.3 Å². The molecule has 2 aromatic rings. The average molecular weight is 394 g/mol. The van der Waals surface area contributed by atoms with Crippen molar-refractivity contribution < 1.29 is 31.2 Å². The lowest BCUT2D eigenvalue weighted by Gasteiger charge is -2.19. The minimum absolute atomic E-state index is 0.00687. The average Bonchev–Trinajstić information content (AvgIpc) is 2.97. The van der Waals surface area contributed by atoms with Crippen molar-refractivity contribution >= 4 is 27.3 Å². The van der Waals surface area contributed by atoms with Crippen LogP contribution in [0.2, 0.25) is 5.02 Å². The van der Waals surface area contributed by atoms with E-state index in [0.29, 0.717) is 21.8 Å².